The van der Waals surface area contributed by atoms with Crippen molar-refractivity contribution in [1.82, 2.24) is 9.97 Å². The van der Waals surface area contributed by atoms with Gasteiger partial charge in [-0.25, -0.2) is 13.4 Å². The molecule has 0 radical (unpaired) electrons. The standard InChI is InChI=1S/C16H21F3N4O3S/c1-8-12(24)6-23(8)15-20-13(16(17,18)19)3-14(21-15)22-4-9-10(5-22)11(9)7-27(2,25)26/h3,8-12,24H,4-7H2,1-2H3/t8-,9-,10+,11+,12+/m0/s1. The van der Waals surface area contributed by atoms with Crippen LogP contribution in [0.2, 0.25) is 0 Å². The first-order valence-corrected chi connectivity index (χ1v) is 10.8. The fourth-order valence-electron chi connectivity index (χ4n) is 4.14. The predicted molar refractivity (Wildman–Crippen MR) is 92.2 cm³/mol. The van der Waals surface area contributed by atoms with Crippen molar-refractivity contribution in [3.05, 3.63) is 11.8 Å². The molecule has 1 aliphatic carbocycles. The van der Waals surface area contributed by atoms with Gasteiger partial charge in [-0.1, -0.05) is 0 Å². The number of halogens is 3. The van der Waals surface area contributed by atoms with Crippen molar-refractivity contribution in [3.8, 4) is 0 Å². The molecule has 3 heterocycles. The van der Waals surface area contributed by atoms with Crippen molar-refractivity contribution in [2.24, 2.45) is 17.8 Å². The highest BCUT2D eigenvalue weighted by Crippen LogP contribution is 2.53. The van der Waals surface area contributed by atoms with E-state index in [1.807, 2.05) is 0 Å². The molecule has 3 fully saturated rings. The summed E-state index contributed by atoms with van der Waals surface area (Å²) in [5.74, 6) is 0.735. The number of nitrogens with zero attached hydrogens (tertiary/aromatic N) is 4. The van der Waals surface area contributed by atoms with Gasteiger partial charge >= 0.3 is 6.18 Å². The van der Waals surface area contributed by atoms with Crippen molar-refractivity contribution in [2.45, 2.75) is 25.2 Å². The maximum atomic E-state index is 13.3. The highest BCUT2D eigenvalue weighted by atomic mass is 32.2. The summed E-state index contributed by atoms with van der Waals surface area (Å²) in [7, 11) is -3.06. The number of hydrogen-bond acceptors (Lipinski definition) is 7. The molecule has 1 aromatic rings. The van der Waals surface area contributed by atoms with E-state index in [1.165, 1.54) is 6.26 Å². The van der Waals surface area contributed by atoms with E-state index in [-0.39, 0.29) is 47.9 Å². The minimum absolute atomic E-state index is 0.0362. The number of rotatable bonds is 4. The number of hydrogen-bond donors (Lipinski definition) is 1. The lowest BCUT2D eigenvalue weighted by molar-refractivity contribution is -0.141. The zero-order valence-corrected chi connectivity index (χ0v) is 15.7. The van der Waals surface area contributed by atoms with Gasteiger partial charge < -0.3 is 14.9 Å². The third kappa shape index (κ3) is 3.46. The van der Waals surface area contributed by atoms with Crippen molar-refractivity contribution in [2.75, 3.05) is 41.4 Å². The van der Waals surface area contributed by atoms with Gasteiger partial charge in [0.25, 0.3) is 0 Å². The van der Waals surface area contributed by atoms with Gasteiger partial charge in [0.15, 0.2) is 5.69 Å². The number of β-amino-alcohol motifs (C(OH)–C–C–N with tert-alkyl or cyclic N) is 1. The summed E-state index contributed by atoms with van der Waals surface area (Å²) in [5.41, 5.74) is -1.01. The van der Waals surface area contributed by atoms with Crippen LogP contribution in [0.4, 0.5) is 24.9 Å². The molecule has 2 aliphatic heterocycles. The van der Waals surface area contributed by atoms with Gasteiger partial charge in [-0.15, -0.1) is 0 Å². The molecule has 11 heteroatoms. The SMILES string of the molecule is C[C@H]1[C@H](O)CN1c1nc(N2C[C@@H]3[C@H](C2)[C@H]3CS(C)(=O)=O)cc(C(F)(F)F)n1. The van der Waals surface area contributed by atoms with E-state index in [9.17, 15) is 26.7 Å². The van der Waals surface area contributed by atoms with Gasteiger partial charge in [0.05, 0.1) is 17.9 Å². The molecule has 2 saturated heterocycles. The summed E-state index contributed by atoms with van der Waals surface area (Å²) < 4.78 is 62.8. The highest BCUT2D eigenvalue weighted by Gasteiger charge is 2.56. The largest absolute Gasteiger partial charge is 0.433 e. The van der Waals surface area contributed by atoms with Crippen molar-refractivity contribution in [1.29, 1.82) is 0 Å². The quantitative estimate of drug-likeness (QED) is 0.791. The molecule has 0 bridgehead atoms. The number of sulfone groups is 1. The first-order chi connectivity index (χ1) is 12.4. The molecule has 3 aliphatic rings. The summed E-state index contributed by atoms with van der Waals surface area (Å²) in [6.07, 6.45) is -4.00. The average molecular weight is 406 g/mol. The van der Waals surface area contributed by atoms with E-state index >= 15 is 0 Å². The van der Waals surface area contributed by atoms with Crippen LogP contribution in [0, 0.1) is 17.8 Å². The second-order valence-electron chi connectivity index (χ2n) is 7.86. The molecule has 0 unspecified atom stereocenters. The fourth-order valence-corrected chi connectivity index (χ4v) is 5.34. The molecule has 0 spiro atoms. The normalized spacial score (nSPS) is 33.0. The number of alkyl halides is 3. The Kier molecular flexibility index (Phi) is 4.12. The Morgan fingerprint density at radius 1 is 1.22 bits per heavy atom. The zero-order chi connectivity index (χ0) is 19.7. The predicted octanol–water partition coefficient (Wildman–Crippen LogP) is 0.792. The van der Waals surface area contributed by atoms with Crippen LogP contribution in [-0.4, -0.2) is 67.3 Å². The molecule has 0 aromatic carbocycles. The van der Waals surface area contributed by atoms with E-state index < -0.39 is 27.8 Å². The Bertz CT molecular complexity index is 851. The molecule has 1 N–H and O–H groups in total. The first kappa shape index (κ1) is 18.7. The van der Waals surface area contributed by atoms with Gasteiger partial charge in [-0.3, -0.25) is 0 Å². The Morgan fingerprint density at radius 3 is 2.33 bits per heavy atom. The van der Waals surface area contributed by atoms with Gasteiger partial charge in [-0.05, 0) is 24.7 Å². The maximum absolute atomic E-state index is 13.3. The number of aliphatic hydroxyl groups is 1. The van der Waals surface area contributed by atoms with Crippen LogP contribution >= 0.6 is 0 Å². The molecule has 1 aromatic heterocycles. The maximum Gasteiger partial charge on any atom is 0.433 e. The molecule has 150 valence electrons. The lowest BCUT2D eigenvalue weighted by Gasteiger charge is -2.43. The van der Waals surface area contributed by atoms with Crippen LogP contribution in [0.25, 0.3) is 0 Å². The van der Waals surface area contributed by atoms with Gasteiger partial charge in [0, 0.05) is 32.0 Å². The van der Waals surface area contributed by atoms with Crippen LogP contribution in [-0.2, 0) is 16.0 Å². The monoisotopic (exact) mass is 406 g/mol. The lowest BCUT2D eigenvalue weighted by Crippen LogP contribution is -2.59. The summed E-state index contributed by atoms with van der Waals surface area (Å²) in [6.45, 7) is 2.90. The number of aromatic nitrogens is 2. The summed E-state index contributed by atoms with van der Waals surface area (Å²) in [4.78, 5) is 11.3. The van der Waals surface area contributed by atoms with Crippen LogP contribution in [0.15, 0.2) is 6.07 Å². The Labute approximate surface area is 155 Å². The minimum Gasteiger partial charge on any atom is -0.389 e. The zero-order valence-electron chi connectivity index (χ0n) is 14.9. The Morgan fingerprint density at radius 2 is 1.85 bits per heavy atom. The number of piperidine rings is 1. The second kappa shape index (κ2) is 5.94. The van der Waals surface area contributed by atoms with Gasteiger partial charge in [0.2, 0.25) is 5.95 Å². The molecule has 1 saturated carbocycles. The number of aliphatic hydroxyl groups excluding tert-OH is 1. The second-order valence-corrected chi connectivity index (χ2v) is 10.0. The third-order valence-electron chi connectivity index (χ3n) is 5.87. The van der Waals surface area contributed by atoms with Gasteiger partial charge in [0.1, 0.15) is 15.7 Å². The van der Waals surface area contributed by atoms with Gasteiger partial charge in [-0.2, -0.15) is 18.2 Å². The third-order valence-corrected chi connectivity index (χ3v) is 6.86. The van der Waals surface area contributed by atoms with E-state index in [2.05, 4.69) is 9.97 Å². The van der Waals surface area contributed by atoms with E-state index in [0.717, 1.165) is 6.07 Å². The first-order valence-electron chi connectivity index (χ1n) is 8.77. The molecule has 0 amide bonds. The Hall–Kier alpha value is -1.62. The molecule has 27 heavy (non-hydrogen) atoms. The van der Waals surface area contributed by atoms with Crippen molar-refractivity contribution in [3.63, 3.8) is 0 Å². The Balaban J connectivity index is 1.55. The number of anilines is 2. The van der Waals surface area contributed by atoms with E-state index in [1.54, 1.807) is 16.7 Å². The van der Waals surface area contributed by atoms with Crippen molar-refractivity contribution >= 4 is 21.6 Å². The molecule has 4 rings (SSSR count). The van der Waals surface area contributed by atoms with E-state index in [0.29, 0.717) is 13.1 Å². The summed E-state index contributed by atoms with van der Waals surface area (Å²) in [6, 6.07) is 0.605. The summed E-state index contributed by atoms with van der Waals surface area (Å²) in [5, 5.41) is 9.64. The topological polar surface area (TPSA) is 86.6 Å². The minimum atomic E-state index is -4.60. The van der Waals surface area contributed by atoms with Crippen LogP contribution in [0.5, 0.6) is 0 Å². The average Bonchev–Trinajstić information content (AvgIpc) is 2.99. The molecule has 7 nitrogen and oxygen atoms in total. The summed E-state index contributed by atoms with van der Waals surface area (Å²) >= 11 is 0. The van der Waals surface area contributed by atoms with Crippen LogP contribution in [0.1, 0.15) is 12.6 Å². The smallest absolute Gasteiger partial charge is 0.389 e. The highest BCUT2D eigenvalue weighted by molar-refractivity contribution is 7.90. The fraction of sp³-hybridized carbons (Fsp3) is 0.750. The molecular weight excluding hydrogens is 385 g/mol. The van der Waals surface area contributed by atoms with Crippen LogP contribution in [0.3, 0.4) is 0 Å². The molecule has 5 atom stereocenters. The van der Waals surface area contributed by atoms with Crippen LogP contribution < -0.4 is 9.80 Å². The lowest BCUT2D eigenvalue weighted by atomic mass is 10.0. The van der Waals surface area contributed by atoms with Crippen molar-refractivity contribution < 1.29 is 26.7 Å². The van der Waals surface area contributed by atoms with E-state index in [4.69, 9.17) is 0 Å². The molecular formula is C16H21F3N4O3S. The number of fused-ring (bicyclic) bond motifs is 1.